The van der Waals surface area contributed by atoms with Gasteiger partial charge in [-0.2, -0.15) is 0 Å². The molecule has 0 aliphatic rings. The number of rotatable bonds is 2. The Hall–Kier alpha value is -1.36. The second-order valence-corrected chi connectivity index (χ2v) is 4.04. The minimum absolute atomic E-state index is 0.543. The highest BCUT2D eigenvalue weighted by atomic mass is 79.9. The Kier molecular flexibility index (Phi) is 2.48. The molecule has 0 amide bonds. The highest BCUT2D eigenvalue weighted by molar-refractivity contribution is 9.10. The van der Waals surface area contributed by atoms with E-state index in [1.165, 1.54) is 0 Å². The van der Waals surface area contributed by atoms with Gasteiger partial charge in [0.2, 0.25) is 0 Å². The van der Waals surface area contributed by atoms with E-state index in [1.54, 1.807) is 25.1 Å². The molecule has 1 aromatic carbocycles. The van der Waals surface area contributed by atoms with Crippen LogP contribution >= 0.6 is 15.9 Å². The zero-order valence-electron chi connectivity index (χ0n) is 7.90. The number of nitrogens with zero attached hydrogens (tertiary/aromatic N) is 1. The Bertz CT molecular complexity index is 520. The van der Waals surface area contributed by atoms with Gasteiger partial charge in [0, 0.05) is 0 Å². The molecule has 0 aliphatic carbocycles. The minimum Gasteiger partial charge on any atom is -0.481 e. The lowest BCUT2D eigenvalue weighted by molar-refractivity contribution is -0.138. The van der Waals surface area contributed by atoms with Crippen LogP contribution in [0.4, 0.5) is 0 Å². The minimum atomic E-state index is -0.854. The first-order valence-corrected chi connectivity index (χ1v) is 5.16. The van der Waals surface area contributed by atoms with Gasteiger partial charge < -0.3 is 9.63 Å². The molecular formula is C10H8BrNO3. The van der Waals surface area contributed by atoms with E-state index >= 15 is 0 Å². The standard InChI is InChI=1S/C10H8BrNO3/c1-5(10(13)14)6-2-3-7-8(4-6)15-12-9(7)11/h2-5H,1H3,(H,13,14). The Morgan fingerprint density at radius 3 is 3.00 bits per heavy atom. The van der Waals surface area contributed by atoms with Crippen LogP contribution in [0, 0.1) is 0 Å². The molecule has 0 saturated heterocycles. The SMILES string of the molecule is CC(C(=O)O)c1ccc2c(Br)noc2c1. The molecule has 78 valence electrons. The normalized spacial score (nSPS) is 12.9. The summed E-state index contributed by atoms with van der Waals surface area (Å²) < 4.78 is 5.66. The number of hydrogen-bond donors (Lipinski definition) is 1. The van der Waals surface area contributed by atoms with Crippen LogP contribution in [0.15, 0.2) is 27.3 Å². The van der Waals surface area contributed by atoms with Gasteiger partial charge in [0.1, 0.15) is 0 Å². The molecule has 0 bridgehead atoms. The molecule has 0 saturated carbocycles. The number of benzene rings is 1. The van der Waals surface area contributed by atoms with Crippen LogP contribution in [0.3, 0.4) is 0 Å². The van der Waals surface area contributed by atoms with Gasteiger partial charge in [-0.3, -0.25) is 4.79 Å². The van der Waals surface area contributed by atoms with Crippen LogP contribution in [0.5, 0.6) is 0 Å². The lowest BCUT2D eigenvalue weighted by Gasteiger charge is -2.04. The largest absolute Gasteiger partial charge is 0.481 e. The molecule has 1 unspecified atom stereocenters. The number of hydrogen-bond acceptors (Lipinski definition) is 3. The van der Waals surface area contributed by atoms with E-state index in [2.05, 4.69) is 21.1 Å². The number of carboxylic acids is 1. The van der Waals surface area contributed by atoms with Gasteiger partial charge >= 0.3 is 5.97 Å². The molecule has 15 heavy (non-hydrogen) atoms. The van der Waals surface area contributed by atoms with Gasteiger partial charge in [-0.05, 0) is 40.5 Å². The number of halogens is 1. The zero-order chi connectivity index (χ0) is 11.0. The maximum Gasteiger partial charge on any atom is 0.310 e. The summed E-state index contributed by atoms with van der Waals surface area (Å²) >= 11 is 3.24. The molecule has 2 aromatic rings. The van der Waals surface area contributed by atoms with Crippen LogP contribution in [-0.2, 0) is 4.79 Å². The summed E-state index contributed by atoms with van der Waals surface area (Å²) in [6.45, 7) is 1.63. The van der Waals surface area contributed by atoms with E-state index in [0.717, 1.165) is 5.39 Å². The van der Waals surface area contributed by atoms with Crippen molar-refractivity contribution in [2.24, 2.45) is 0 Å². The Morgan fingerprint density at radius 2 is 2.33 bits per heavy atom. The molecule has 5 heteroatoms. The Labute approximate surface area is 94.0 Å². The smallest absolute Gasteiger partial charge is 0.310 e. The fourth-order valence-corrected chi connectivity index (χ4v) is 1.74. The van der Waals surface area contributed by atoms with Crippen molar-refractivity contribution in [3.05, 3.63) is 28.4 Å². The summed E-state index contributed by atoms with van der Waals surface area (Å²) in [5.41, 5.74) is 1.30. The summed E-state index contributed by atoms with van der Waals surface area (Å²) in [5, 5.41) is 13.4. The van der Waals surface area contributed by atoms with Crippen molar-refractivity contribution in [3.8, 4) is 0 Å². The van der Waals surface area contributed by atoms with Crippen LogP contribution in [0.1, 0.15) is 18.4 Å². The first kappa shape index (κ1) is 10.2. The monoisotopic (exact) mass is 269 g/mol. The predicted octanol–water partition coefficient (Wildman–Crippen LogP) is 2.78. The average Bonchev–Trinajstić information content (AvgIpc) is 2.59. The molecule has 0 fully saturated rings. The summed E-state index contributed by atoms with van der Waals surface area (Å²) in [6, 6.07) is 5.26. The van der Waals surface area contributed by atoms with Gasteiger partial charge in [-0.15, -0.1) is 0 Å². The first-order chi connectivity index (χ1) is 7.09. The van der Waals surface area contributed by atoms with Gasteiger partial charge in [-0.1, -0.05) is 11.2 Å². The average molecular weight is 270 g/mol. The van der Waals surface area contributed by atoms with Crippen LogP contribution in [0.2, 0.25) is 0 Å². The van der Waals surface area contributed by atoms with Gasteiger partial charge in [-0.25, -0.2) is 0 Å². The molecule has 2 rings (SSSR count). The maximum absolute atomic E-state index is 10.8. The molecule has 1 N–H and O–H groups in total. The fourth-order valence-electron chi connectivity index (χ4n) is 1.34. The molecular weight excluding hydrogens is 262 g/mol. The molecule has 4 nitrogen and oxygen atoms in total. The third-order valence-electron chi connectivity index (χ3n) is 2.32. The second kappa shape index (κ2) is 3.66. The lowest BCUT2D eigenvalue weighted by Crippen LogP contribution is -2.06. The van der Waals surface area contributed by atoms with Gasteiger partial charge in [0.25, 0.3) is 0 Å². The zero-order valence-corrected chi connectivity index (χ0v) is 9.48. The van der Waals surface area contributed by atoms with E-state index < -0.39 is 11.9 Å². The van der Waals surface area contributed by atoms with Crippen molar-refractivity contribution in [1.29, 1.82) is 0 Å². The number of carboxylic acid groups (broad SMARTS) is 1. The van der Waals surface area contributed by atoms with Crippen LogP contribution in [0.25, 0.3) is 11.0 Å². The van der Waals surface area contributed by atoms with E-state index in [1.807, 2.05) is 0 Å². The lowest BCUT2D eigenvalue weighted by atomic mass is 10.0. The van der Waals surface area contributed by atoms with Gasteiger partial charge in [0.15, 0.2) is 10.2 Å². The predicted molar refractivity (Wildman–Crippen MR) is 57.8 cm³/mol. The van der Waals surface area contributed by atoms with E-state index in [9.17, 15) is 4.79 Å². The van der Waals surface area contributed by atoms with Crippen molar-refractivity contribution in [1.82, 2.24) is 5.16 Å². The number of fused-ring (bicyclic) bond motifs is 1. The molecule has 1 aromatic heterocycles. The highest BCUT2D eigenvalue weighted by Gasteiger charge is 2.15. The summed E-state index contributed by atoms with van der Waals surface area (Å²) in [4.78, 5) is 10.8. The number of carbonyl (C=O) groups is 1. The molecule has 0 spiro atoms. The maximum atomic E-state index is 10.8. The van der Waals surface area contributed by atoms with Crippen molar-refractivity contribution in [2.75, 3.05) is 0 Å². The highest BCUT2D eigenvalue weighted by Crippen LogP contribution is 2.26. The van der Waals surface area contributed by atoms with Crippen molar-refractivity contribution >= 4 is 32.9 Å². The van der Waals surface area contributed by atoms with Crippen molar-refractivity contribution < 1.29 is 14.4 Å². The van der Waals surface area contributed by atoms with Crippen LogP contribution in [-0.4, -0.2) is 16.2 Å². The second-order valence-electron chi connectivity index (χ2n) is 3.29. The Balaban J connectivity index is 2.52. The van der Waals surface area contributed by atoms with Crippen LogP contribution < -0.4 is 0 Å². The van der Waals surface area contributed by atoms with Crippen molar-refractivity contribution in [3.63, 3.8) is 0 Å². The Morgan fingerprint density at radius 1 is 1.60 bits per heavy atom. The number of aliphatic carboxylic acids is 1. The topological polar surface area (TPSA) is 63.3 Å². The third kappa shape index (κ3) is 1.74. The first-order valence-electron chi connectivity index (χ1n) is 4.37. The summed E-state index contributed by atoms with van der Waals surface area (Å²) in [5.74, 6) is -1.40. The fraction of sp³-hybridized carbons (Fsp3) is 0.200. The number of aromatic nitrogens is 1. The van der Waals surface area contributed by atoms with E-state index in [0.29, 0.717) is 15.7 Å². The van der Waals surface area contributed by atoms with Crippen molar-refractivity contribution in [2.45, 2.75) is 12.8 Å². The molecule has 1 heterocycles. The van der Waals surface area contributed by atoms with E-state index in [-0.39, 0.29) is 0 Å². The third-order valence-corrected chi connectivity index (χ3v) is 2.89. The van der Waals surface area contributed by atoms with Gasteiger partial charge in [0.05, 0.1) is 11.3 Å². The van der Waals surface area contributed by atoms with E-state index in [4.69, 9.17) is 9.63 Å². The molecule has 0 radical (unpaired) electrons. The summed E-state index contributed by atoms with van der Waals surface area (Å²) in [7, 11) is 0. The quantitative estimate of drug-likeness (QED) is 0.911. The summed E-state index contributed by atoms with van der Waals surface area (Å²) in [6.07, 6.45) is 0. The molecule has 1 atom stereocenters. The molecule has 0 aliphatic heterocycles.